The van der Waals surface area contributed by atoms with Crippen LogP contribution in [0.2, 0.25) is 0 Å². The Morgan fingerprint density at radius 2 is 2.22 bits per heavy atom. The highest BCUT2D eigenvalue weighted by Crippen LogP contribution is 2.34. The van der Waals surface area contributed by atoms with E-state index in [2.05, 4.69) is 5.32 Å². The Kier molecular flexibility index (Phi) is 4.00. The molecule has 3 rings (SSSR count). The van der Waals surface area contributed by atoms with Crippen LogP contribution in [0.25, 0.3) is 0 Å². The van der Waals surface area contributed by atoms with Gasteiger partial charge in [-0.15, -0.1) is 0 Å². The van der Waals surface area contributed by atoms with Crippen molar-refractivity contribution in [1.82, 2.24) is 10.2 Å². The topological polar surface area (TPSA) is 58.6 Å². The maximum Gasteiger partial charge on any atom is 0.317 e. The molecular weight excluding hydrogens is 299 g/mol. The third kappa shape index (κ3) is 2.78. The van der Waals surface area contributed by atoms with Gasteiger partial charge in [-0.25, -0.2) is 9.18 Å². The Morgan fingerprint density at radius 1 is 1.43 bits per heavy atom. The number of ether oxygens (including phenoxy) is 1. The molecule has 1 saturated heterocycles. The van der Waals surface area contributed by atoms with Crippen molar-refractivity contribution in [3.63, 3.8) is 0 Å². The van der Waals surface area contributed by atoms with E-state index in [0.29, 0.717) is 37.9 Å². The quantitative estimate of drug-likeness (QED) is 0.851. The van der Waals surface area contributed by atoms with Crippen LogP contribution in [0.4, 0.5) is 9.18 Å². The van der Waals surface area contributed by atoms with Crippen LogP contribution in [-0.2, 0) is 16.0 Å². The summed E-state index contributed by atoms with van der Waals surface area (Å²) in [6.45, 7) is 2.67. The summed E-state index contributed by atoms with van der Waals surface area (Å²) in [6, 6.07) is 4.60. The smallest absolute Gasteiger partial charge is 0.317 e. The van der Waals surface area contributed by atoms with Gasteiger partial charge in [0.25, 0.3) is 0 Å². The molecule has 1 aliphatic carbocycles. The van der Waals surface area contributed by atoms with E-state index in [-0.39, 0.29) is 23.9 Å². The average Bonchev–Trinajstić information content (AvgIpc) is 3.13. The number of rotatable bonds is 2. The number of fused-ring (bicyclic) bond motifs is 1. The zero-order valence-electron chi connectivity index (χ0n) is 13.4. The lowest BCUT2D eigenvalue weighted by Crippen LogP contribution is -2.42. The fraction of sp³-hybridized carbons (Fsp3) is 0.529. The van der Waals surface area contributed by atoms with Crippen LogP contribution >= 0.6 is 0 Å². The molecule has 0 radical (unpaired) electrons. The van der Waals surface area contributed by atoms with Crippen molar-refractivity contribution >= 4 is 12.0 Å². The molecule has 2 aliphatic rings. The van der Waals surface area contributed by atoms with Gasteiger partial charge in [0.1, 0.15) is 5.82 Å². The number of carbonyl (C=O) groups is 2. The number of nitrogens with one attached hydrogen (secondary N) is 1. The second-order valence-electron chi connectivity index (χ2n) is 6.57. The van der Waals surface area contributed by atoms with Crippen molar-refractivity contribution in [2.45, 2.75) is 32.2 Å². The van der Waals surface area contributed by atoms with Crippen LogP contribution in [0.15, 0.2) is 18.2 Å². The van der Waals surface area contributed by atoms with E-state index in [1.165, 1.54) is 13.2 Å². The van der Waals surface area contributed by atoms with Gasteiger partial charge in [-0.05, 0) is 43.4 Å². The molecule has 0 aromatic heterocycles. The fourth-order valence-electron chi connectivity index (χ4n) is 3.55. The largest absolute Gasteiger partial charge is 0.469 e. The van der Waals surface area contributed by atoms with Gasteiger partial charge in [0.05, 0.1) is 18.6 Å². The minimum atomic E-state index is -0.647. The van der Waals surface area contributed by atoms with E-state index >= 15 is 0 Å². The lowest BCUT2D eigenvalue weighted by atomic mass is 9.90. The number of hydrogen-bond acceptors (Lipinski definition) is 3. The number of carbonyl (C=O) groups excluding carboxylic acids is 2. The molecule has 2 amide bonds. The summed E-state index contributed by atoms with van der Waals surface area (Å²) in [5, 5.41) is 2.97. The van der Waals surface area contributed by atoms with Crippen LogP contribution in [0.3, 0.4) is 0 Å². The van der Waals surface area contributed by atoms with Crippen molar-refractivity contribution < 1.29 is 18.7 Å². The number of nitrogens with zero attached hydrogens (tertiary/aromatic N) is 1. The van der Waals surface area contributed by atoms with E-state index in [0.717, 1.165) is 5.56 Å². The van der Waals surface area contributed by atoms with E-state index in [4.69, 9.17) is 4.74 Å². The Hall–Kier alpha value is -2.11. The molecule has 1 aromatic rings. The normalized spacial score (nSPS) is 26.0. The van der Waals surface area contributed by atoms with Crippen molar-refractivity contribution in [1.29, 1.82) is 0 Å². The zero-order valence-corrected chi connectivity index (χ0v) is 13.4. The van der Waals surface area contributed by atoms with Crippen LogP contribution in [0.1, 0.15) is 36.9 Å². The number of esters is 1. The molecule has 0 saturated carbocycles. The van der Waals surface area contributed by atoms with Crippen molar-refractivity contribution in [2.75, 3.05) is 20.2 Å². The number of halogens is 1. The highest BCUT2D eigenvalue weighted by molar-refractivity contribution is 5.80. The molecule has 23 heavy (non-hydrogen) atoms. The van der Waals surface area contributed by atoms with Gasteiger partial charge in [0, 0.05) is 13.1 Å². The molecule has 2 unspecified atom stereocenters. The number of benzene rings is 1. The summed E-state index contributed by atoms with van der Waals surface area (Å²) in [5.74, 6) is -0.500. The van der Waals surface area contributed by atoms with Gasteiger partial charge in [0.15, 0.2) is 0 Å². The van der Waals surface area contributed by atoms with Gasteiger partial charge >= 0.3 is 12.0 Å². The number of amides is 2. The zero-order chi connectivity index (χ0) is 16.6. The Morgan fingerprint density at radius 3 is 2.96 bits per heavy atom. The third-order valence-electron chi connectivity index (χ3n) is 4.95. The number of hydrogen-bond donors (Lipinski definition) is 1. The molecule has 1 N–H and O–H groups in total. The summed E-state index contributed by atoms with van der Waals surface area (Å²) in [6.07, 6.45) is 1.92. The van der Waals surface area contributed by atoms with Gasteiger partial charge < -0.3 is 15.0 Å². The lowest BCUT2D eigenvalue weighted by Gasteiger charge is -2.24. The molecule has 0 bridgehead atoms. The summed E-state index contributed by atoms with van der Waals surface area (Å²) >= 11 is 0. The standard InChI is InChI=1S/C17H21FN2O3/c1-17(15(21)23-2)8-9-20(10-17)16(22)19-14-7-6-11-12(14)4-3-5-13(11)18/h3-5,14H,6-10H2,1-2H3,(H,19,22). The van der Waals surface area contributed by atoms with Gasteiger partial charge in [-0.1, -0.05) is 12.1 Å². The van der Waals surface area contributed by atoms with Crippen LogP contribution in [-0.4, -0.2) is 37.1 Å². The van der Waals surface area contributed by atoms with Crippen LogP contribution in [0.5, 0.6) is 0 Å². The Balaban J connectivity index is 1.66. The van der Waals surface area contributed by atoms with E-state index < -0.39 is 5.41 Å². The van der Waals surface area contributed by atoms with E-state index in [1.54, 1.807) is 11.0 Å². The molecule has 2 atom stereocenters. The van der Waals surface area contributed by atoms with E-state index in [1.807, 2.05) is 13.0 Å². The molecule has 1 aromatic carbocycles. The lowest BCUT2D eigenvalue weighted by molar-refractivity contribution is -0.150. The summed E-state index contributed by atoms with van der Waals surface area (Å²) in [7, 11) is 1.36. The molecule has 1 aliphatic heterocycles. The van der Waals surface area contributed by atoms with Crippen molar-refractivity contribution in [3.05, 3.63) is 35.1 Å². The van der Waals surface area contributed by atoms with Gasteiger partial charge in [-0.2, -0.15) is 0 Å². The van der Waals surface area contributed by atoms with E-state index in [9.17, 15) is 14.0 Å². The summed E-state index contributed by atoms with van der Waals surface area (Å²) in [4.78, 5) is 25.9. The first kappa shape index (κ1) is 15.8. The Labute approximate surface area is 134 Å². The monoisotopic (exact) mass is 320 g/mol. The number of urea groups is 1. The SMILES string of the molecule is COC(=O)C1(C)CCN(C(=O)NC2CCc3c(F)cccc32)C1. The molecule has 6 heteroatoms. The summed E-state index contributed by atoms with van der Waals surface area (Å²) < 4.78 is 18.6. The molecule has 124 valence electrons. The second-order valence-corrected chi connectivity index (χ2v) is 6.57. The van der Waals surface area contributed by atoms with Crippen molar-refractivity contribution in [2.24, 2.45) is 5.41 Å². The first-order chi connectivity index (χ1) is 10.9. The molecular formula is C17H21FN2O3. The molecule has 0 spiro atoms. The van der Waals surface area contributed by atoms with Crippen LogP contribution < -0.4 is 5.32 Å². The maximum absolute atomic E-state index is 13.8. The van der Waals surface area contributed by atoms with Crippen molar-refractivity contribution in [3.8, 4) is 0 Å². The van der Waals surface area contributed by atoms with Crippen LogP contribution in [0, 0.1) is 11.2 Å². The minimum absolute atomic E-state index is 0.168. The third-order valence-corrected chi connectivity index (χ3v) is 4.95. The number of likely N-dealkylation sites (tertiary alicyclic amines) is 1. The average molecular weight is 320 g/mol. The predicted molar refractivity (Wildman–Crippen MR) is 82.3 cm³/mol. The van der Waals surface area contributed by atoms with Gasteiger partial charge in [0.2, 0.25) is 0 Å². The minimum Gasteiger partial charge on any atom is -0.469 e. The molecule has 1 fully saturated rings. The second kappa shape index (κ2) is 5.83. The van der Waals surface area contributed by atoms with Gasteiger partial charge in [-0.3, -0.25) is 4.79 Å². The first-order valence-corrected chi connectivity index (χ1v) is 7.86. The maximum atomic E-state index is 13.8. The highest BCUT2D eigenvalue weighted by atomic mass is 19.1. The Bertz CT molecular complexity index is 649. The molecule has 5 nitrogen and oxygen atoms in total. The fourth-order valence-corrected chi connectivity index (χ4v) is 3.55. The summed E-state index contributed by atoms with van der Waals surface area (Å²) in [5.41, 5.74) is 0.901. The predicted octanol–water partition coefficient (Wildman–Crippen LogP) is 2.41. The first-order valence-electron chi connectivity index (χ1n) is 7.86. The number of methoxy groups -OCH3 is 1. The highest BCUT2D eigenvalue weighted by Gasteiger charge is 2.43. The molecule has 1 heterocycles.